The topological polar surface area (TPSA) is 91.4 Å². The summed E-state index contributed by atoms with van der Waals surface area (Å²) in [7, 11) is 3.21. The molecule has 2 heterocycles. The molecule has 2 bridgehead atoms. The molecule has 2 amide bonds. The fourth-order valence-corrected chi connectivity index (χ4v) is 8.92. The predicted octanol–water partition coefficient (Wildman–Crippen LogP) is 6.62. The number of rotatable bonds is 7. The van der Waals surface area contributed by atoms with Crippen LogP contribution in [0.4, 0.5) is 5.69 Å². The molecule has 0 radical (unpaired) electrons. The van der Waals surface area contributed by atoms with E-state index in [0.29, 0.717) is 51.0 Å². The third kappa shape index (κ3) is 3.73. The first-order valence-electron chi connectivity index (χ1n) is 16.4. The van der Waals surface area contributed by atoms with Gasteiger partial charge in [-0.3, -0.25) is 14.4 Å². The second-order valence-electron chi connectivity index (χ2n) is 12.9. The van der Waals surface area contributed by atoms with Crippen LogP contribution < -0.4 is 23.8 Å². The number of hydrogen-bond acceptors (Lipinski definition) is 7. The van der Waals surface area contributed by atoms with Gasteiger partial charge in [0.2, 0.25) is 18.6 Å². The van der Waals surface area contributed by atoms with Crippen molar-refractivity contribution in [3.8, 4) is 23.0 Å². The van der Waals surface area contributed by atoms with Crippen molar-refractivity contribution in [1.29, 1.82) is 0 Å². The van der Waals surface area contributed by atoms with E-state index in [9.17, 15) is 0 Å². The van der Waals surface area contributed by atoms with Crippen molar-refractivity contribution in [2.45, 2.75) is 10.8 Å². The highest BCUT2D eigenvalue weighted by molar-refractivity contribution is 6.39. The molecule has 5 aromatic carbocycles. The minimum absolute atomic E-state index is 0.0506. The van der Waals surface area contributed by atoms with Crippen LogP contribution in [0.5, 0.6) is 23.0 Å². The SMILES string of the molecule is COc1ccc(C2=C(c3ccc(OC)cc3)[C@@]3(c4ccccc4)C(=O)[C@@]2(c2ccccc2)[C@@H]2C(=O)N(c4ccc5c(c4)OCO5)C(=O)[C@@H]23)cc1. The molecule has 9 rings (SSSR count). The van der Waals surface area contributed by atoms with Gasteiger partial charge in [-0.25, -0.2) is 4.90 Å². The number of amides is 2. The number of ketones is 1. The van der Waals surface area contributed by atoms with Gasteiger partial charge in [-0.05, 0) is 69.8 Å². The monoisotopic (exact) mass is 661 g/mol. The van der Waals surface area contributed by atoms with Gasteiger partial charge in [-0.1, -0.05) is 84.9 Å². The van der Waals surface area contributed by atoms with E-state index in [1.54, 1.807) is 32.4 Å². The number of benzene rings is 5. The molecule has 2 aliphatic carbocycles. The highest BCUT2D eigenvalue weighted by atomic mass is 16.7. The molecule has 4 aliphatic rings. The minimum atomic E-state index is -1.52. The number of carbonyl (C=O) groups is 3. The Morgan fingerprint density at radius 1 is 0.580 bits per heavy atom. The second-order valence-corrected chi connectivity index (χ2v) is 12.9. The van der Waals surface area contributed by atoms with Crippen molar-refractivity contribution < 1.29 is 33.3 Å². The Morgan fingerprint density at radius 3 is 1.50 bits per heavy atom. The van der Waals surface area contributed by atoms with Gasteiger partial charge >= 0.3 is 0 Å². The van der Waals surface area contributed by atoms with E-state index < -0.39 is 34.5 Å². The van der Waals surface area contributed by atoms with Crippen LogP contribution >= 0.6 is 0 Å². The summed E-state index contributed by atoms with van der Waals surface area (Å²) in [5.74, 6) is -0.867. The van der Waals surface area contributed by atoms with Gasteiger partial charge in [-0.15, -0.1) is 0 Å². The summed E-state index contributed by atoms with van der Waals surface area (Å²) in [6.07, 6.45) is 0. The molecule has 0 aromatic heterocycles. The van der Waals surface area contributed by atoms with E-state index in [1.807, 2.05) is 109 Å². The van der Waals surface area contributed by atoms with Crippen molar-refractivity contribution in [3.63, 3.8) is 0 Å². The Balaban J connectivity index is 1.41. The van der Waals surface area contributed by atoms with Crippen LogP contribution in [0.2, 0.25) is 0 Å². The van der Waals surface area contributed by atoms with Crippen LogP contribution in [0.15, 0.2) is 127 Å². The molecule has 8 nitrogen and oxygen atoms in total. The van der Waals surface area contributed by atoms with Crippen LogP contribution in [0.1, 0.15) is 22.3 Å². The standard InChI is InChI=1S/C42H31NO7/c1-47-30-18-13-25(14-19-30)34-35(26-15-20-31(48-2)21-16-26)42(28-11-7-4-8-12-28)37-36(41(34,40(42)46)27-9-5-3-6-10-27)38(44)43(39(37)45)29-17-22-32-33(23-29)50-24-49-32/h3-23,36-37H,24H2,1-2H3/t36-,37+,41-,42-/m1/s1. The number of Topliss-reactive ketones (excluding diaryl/α,β-unsaturated/α-hetero) is 1. The molecule has 5 aromatic rings. The van der Waals surface area contributed by atoms with Crippen molar-refractivity contribution in [1.82, 2.24) is 0 Å². The molecule has 2 aliphatic heterocycles. The highest BCUT2D eigenvalue weighted by Gasteiger charge is 2.82. The number of ether oxygens (including phenoxy) is 4. The lowest BCUT2D eigenvalue weighted by Gasteiger charge is -2.39. The van der Waals surface area contributed by atoms with Crippen molar-refractivity contribution in [2.75, 3.05) is 25.9 Å². The van der Waals surface area contributed by atoms with Crippen LogP contribution in [0, 0.1) is 11.8 Å². The summed E-state index contributed by atoms with van der Waals surface area (Å²) in [6.45, 7) is 0.0506. The van der Waals surface area contributed by atoms with Gasteiger partial charge in [0.15, 0.2) is 17.3 Å². The number of allylic oxidation sites excluding steroid dienone is 2. The minimum Gasteiger partial charge on any atom is -0.497 e. The van der Waals surface area contributed by atoms with Crippen molar-refractivity contribution >= 4 is 34.4 Å². The van der Waals surface area contributed by atoms with E-state index in [0.717, 1.165) is 11.1 Å². The summed E-state index contributed by atoms with van der Waals surface area (Å²) in [6, 6.07) is 39.1. The number of carbonyl (C=O) groups excluding carboxylic acids is 3. The Labute approximate surface area is 288 Å². The van der Waals surface area contributed by atoms with Crippen LogP contribution in [-0.4, -0.2) is 38.6 Å². The van der Waals surface area contributed by atoms with Gasteiger partial charge in [0.1, 0.15) is 11.5 Å². The fraction of sp³-hybridized carbons (Fsp3) is 0.167. The van der Waals surface area contributed by atoms with E-state index in [2.05, 4.69) is 0 Å². The smallest absolute Gasteiger partial charge is 0.239 e. The Kier molecular flexibility index (Phi) is 6.55. The van der Waals surface area contributed by atoms with Crippen molar-refractivity contribution in [3.05, 3.63) is 150 Å². The van der Waals surface area contributed by atoms with Crippen LogP contribution in [0.3, 0.4) is 0 Å². The van der Waals surface area contributed by atoms with E-state index in [1.165, 1.54) is 4.90 Å². The lowest BCUT2D eigenvalue weighted by molar-refractivity contribution is -0.130. The van der Waals surface area contributed by atoms with E-state index >= 15 is 14.4 Å². The number of hydrogen-bond donors (Lipinski definition) is 0. The first-order chi connectivity index (χ1) is 24.5. The molecule has 1 saturated heterocycles. The Bertz CT molecular complexity index is 2100. The maximum Gasteiger partial charge on any atom is 0.239 e. The largest absolute Gasteiger partial charge is 0.497 e. The lowest BCUT2D eigenvalue weighted by atomic mass is 9.59. The van der Waals surface area contributed by atoms with Gasteiger partial charge in [0.05, 0.1) is 42.6 Å². The van der Waals surface area contributed by atoms with E-state index in [4.69, 9.17) is 18.9 Å². The zero-order valence-corrected chi connectivity index (χ0v) is 27.3. The molecule has 8 heteroatoms. The molecule has 0 unspecified atom stereocenters. The normalized spacial score (nSPS) is 24.6. The molecular weight excluding hydrogens is 630 g/mol. The summed E-state index contributed by atoms with van der Waals surface area (Å²) in [5.41, 5.74) is 1.53. The van der Waals surface area contributed by atoms with E-state index in [-0.39, 0.29) is 12.6 Å². The van der Waals surface area contributed by atoms with Gasteiger partial charge < -0.3 is 18.9 Å². The number of fused-ring (bicyclic) bond motifs is 6. The molecule has 1 saturated carbocycles. The zero-order valence-electron chi connectivity index (χ0n) is 27.3. The zero-order chi connectivity index (χ0) is 34.2. The molecule has 246 valence electrons. The maximum atomic E-state index is 16.1. The Morgan fingerprint density at radius 2 is 1.04 bits per heavy atom. The third-order valence-corrected chi connectivity index (χ3v) is 10.8. The Hall–Kier alpha value is -6.15. The quantitative estimate of drug-likeness (QED) is 0.181. The molecule has 50 heavy (non-hydrogen) atoms. The van der Waals surface area contributed by atoms with Gasteiger partial charge in [0, 0.05) is 6.07 Å². The first-order valence-corrected chi connectivity index (χ1v) is 16.4. The summed E-state index contributed by atoms with van der Waals surface area (Å²) in [5, 5.41) is 0. The second kappa shape index (κ2) is 10.9. The molecule has 0 N–H and O–H groups in total. The number of imide groups is 1. The predicted molar refractivity (Wildman–Crippen MR) is 186 cm³/mol. The van der Waals surface area contributed by atoms with Gasteiger partial charge in [-0.2, -0.15) is 0 Å². The van der Waals surface area contributed by atoms with Crippen molar-refractivity contribution in [2.24, 2.45) is 11.8 Å². The highest BCUT2D eigenvalue weighted by Crippen LogP contribution is 2.74. The first kappa shape index (κ1) is 29.9. The van der Waals surface area contributed by atoms with Crippen LogP contribution in [-0.2, 0) is 25.2 Å². The summed E-state index contributed by atoms with van der Waals surface area (Å²) < 4.78 is 22.2. The maximum absolute atomic E-state index is 16.1. The summed E-state index contributed by atoms with van der Waals surface area (Å²) >= 11 is 0. The number of nitrogens with zero attached hydrogens (tertiary/aromatic N) is 1. The summed E-state index contributed by atoms with van der Waals surface area (Å²) in [4.78, 5) is 47.8. The molecule has 4 atom stereocenters. The lowest BCUT2D eigenvalue weighted by Crippen LogP contribution is -2.45. The van der Waals surface area contributed by atoms with Gasteiger partial charge in [0.25, 0.3) is 0 Å². The molecular formula is C42H31NO7. The fourth-order valence-electron chi connectivity index (χ4n) is 8.92. The average Bonchev–Trinajstić information content (AvgIpc) is 3.87. The number of anilines is 1. The van der Waals surface area contributed by atoms with Crippen LogP contribution in [0.25, 0.3) is 11.1 Å². The third-order valence-electron chi connectivity index (χ3n) is 10.8. The molecule has 2 fully saturated rings. The number of methoxy groups -OCH3 is 2. The average molecular weight is 662 g/mol. The molecule has 0 spiro atoms.